The maximum atomic E-state index is 10.6. The molecule has 0 amide bonds. The molecule has 0 unspecified atom stereocenters. The Balaban J connectivity index is 2.14. The third-order valence-electron chi connectivity index (χ3n) is 2.00. The van der Waals surface area contributed by atoms with E-state index in [-0.39, 0.29) is 5.76 Å². The molecule has 2 heterocycles. The fraction of sp³-hybridized carbons (Fsp3) is 0.0909. The van der Waals surface area contributed by atoms with E-state index in [0.29, 0.717) is 5.88 Å². The fourth-order valence-corrected chi connectivity index (χ4v) is 1.20. The van der Waals surface area contributed by atoms with Gasteiger partial charge in [-0.1, -0.05) is 0 Å². The molecule has 0 saturated carbocycles. The first-order valence-corrected chi connectivity index (χ1v) is 4.68. The van der Waals surface area contributed by atoms with Crippen LogP contribution in [-0.2, 0) is 0 Å². The number of aromatic nitrogens is 1. The van der Waals surface area contributed by atoms with Crippen LogP contribution < -0.4 is 5.32 Å². The van der Waals surface area contributed by atoms with Gasteiger partial charge in [-0.2, -0.15) is 0 Å². The summed E-state index contributed by atoms with van der Waals surface area (Å²) in [6.07, 6.45) is 1.65. The lowest BCUT2D eigenvalue weighted by atomic mass is 10.3. The maximum absolute atomic E-state index is 10.6. The molecule has 2 aromatic rings. The molecule has 0 saturated heterocycles. The minimum absolute atomic E-state index is 0.0948. The number of aryl methyl sites for hydroxylation is 1. The SMILES string of the molecule is Cc1ccc(Nc2ccc(C(=O)O)o2)cn1. The molecule has 2 rings (SSSR count). The van der Waals surface area contributed by atoms with E-state index in [9.17, 15) is 4.79 Å². The number of nitrogens with zero attached hydrogens (tertiary/aromatic N) is 1. The fourth-order valence-electron chi connectivity index (χ4n) is 1.20. The predicted octanol–water partition coefficient (Wildman–Crippen LogP) is 2.42. The molecule has 0 fully saturated rings. The number of hydrogen-bond acceptors (Lipinski definition) is 4. The maximum Gasteiger partial charge on any atom is 0.371 e. The number of carboxylic acids is 1. The highest BCUT2D eigenvalue weighted by atomic mass is 16.4. The molecule has 2 aromatic heterocycles. The number of anilines is 2. The zero-order valence-electron chi connectivity index (χ0n) is 8.60. The lowest BCUT2D eigenvalue weighted by Gasteiger charge is -2.01. The number of rotatable bonds is 3. The average Bonchev–Trinajstić information content (AvgIpc) is 2.70. The van der Waals surface area contributed by atoms with Gasteiger partial charge in [0.1, 0.15) is 0 Å². The van der Waals surface area contributed by atoms with Crippen molar-refractivity contribution in [1.29, 1.82) is 0 Å². The average molecular weight is 218 g/mol. The summed E-state index contributed by atoms with van der Waals surface area (Å²) in [5.41, 5.74) is 1.66. The summed E-state index contributed by atoms with van der Waals surface area (Å²) < 4.78 is 5.04. The highest BCUT2D eigenvalue weighted by Gasteiger charge is 2.08. The highest BCUT2D eigenvalue weighted by Crippen LogP contribution is 2.18. The second-order valence-corrected chi connectivity index (χ2v) is 3.28. The summed E-state index contributed by atoms with van der Waals surface area (Å²) in [5.74, 6) is -0.805. The third-order valence-corrected chi connectivity index (χ3v) is 2.00. The van der Waals surface area contributed by atoms with E-state index < -0.39 is 5.97 Å². The standard InChI is InChI=1S/C11H10N2O3/c1-7-2-3-8(6-12-7)13-10-5-4-9(16-10)11(14)15/h2-6,13H,1H3,(H,14,15). The van der Waals surface area contributed by atoms with Crippen molar-refractivity contribution in [3.05, 3.63) is 41.9 Å². The lowest BCUT2D eigenvalue weighted by Crippen LogP contribution is -1.93. The topological polar surface area (TPSA) is 75.4 Å². The molecule has 0 spiro atoms. The Labute approximate surface area is 91.7 Å². The van der Waals surface area contributed by atoms with Gasteiger partial charge in [-0.05, 0) is 25.1 Å². The van der Waals surface area contributed by atoms with E-state index in [1.165, 1.54) is 6.07 Å². The molecule has 0 radical (unpaired) electrons. The summed E-state index contributed by atoms with van der Waals surface area (Å²) in [6, 6.07) is 6.64. The van der Waals surface area contributed by atoms with Crippen LogP contribution in [0.3, 0.4) is 0 Å². The number of carboxylic acid groups (broad SMARTS) is 1. The van der Waals surface area contributed by atoms with Crippen LogP contribution in [0.4, 0.5) is 11.6 Å². The largest absolute Gasteiger partial charge is 0.475 e. The van der Waals surface area contributed by atoms with Gasteiger partial charge in [0.2, 0.25) is 5.76 Å². The van der Waals surface area contributed by atoms with Gasteiger partial charge in [0.25, 0.3) is 0 Å². The van der Waals surface area contributed by atoms with Gasteiger partial charge in [0.15, 0.2) is 5.88 Å². The lowest BCUT2D eigenvalue weighted by molar-refractivity contribution is 0.0663. The molecule has 0 aliphatic carbocycles. The van der Waals surface area contributed by atoms with E-state index in [1.54, 1.807) is 12.3 Å². The molecule has 2 N–H and O–H groups in total. The van der Waals surface area contributed by atoms with Crippen LogP contribution in [0.2, 0.25) is 0 Å². The number of pyridine rings is 1. The molecule has 0 aromatic carbocycles. The Morgan fingerprint density at radius 3 is 2.75 bits per heavy atom. The van der Waals surface area contributed by atoms with E-state index >= 15 is 0 Å². The molecule has 0 atom stereocenters. The summed E-state index contributed by atoms with van der Waals surface area (Å²) in [5, 5.41) is 11.6. The normalized spacial score (nSPS) is 10.1. The molecular weight excluding hydrogens is 208 g/mol. The van der Waals surface area contributed by atoms with Gasteiger partial charge in [-0.25, -0.2) is 4.79 Å². The van der Waals surface area contributed by atoms with Gasteiger partial charge in [0, 0.05) is 11.8 Å². The second-order valence-electron chi connectivity index (χ2n) is 3.28. The summed E-state index contributed by atoms with van der Waals surface area (Å²) >= 11 is 0. The molecule has 0 aliphatic heterocycles. The predicted molar refractivity (Wildman–Crippen MR) is 57.9 cm³/mol. The van der Waals surface area contributed by atoms with Crippen LogP contribution in [0.1, 0.15) is 16.2 Å². The van der Waals surface area contributed by atoms with Crippen molar-refractivity contribution in [2.75, 3.05) is 5.32 Å². The molecule has 0 aliphatic rings. The molecule has 16 heavy (non-hydrogen) atoms. The monoisotopic (exact) mass is 218 g/mol. The van der Waals surface area contributed by atoms with Crippen LogP contribution in [0.25, 0.3) is 0 Å². The van der Waals surface area contributed by atoms with E-state index in [0.717, 1.165) is 11.4 Å². The van der Waals surface area contributed by atoms with E-state index in [4.69, 9.17) is 9.52 Å². The Morgan fingerprint density at radius 2 is 2.19 bits per heavy atom. The van der Waals surface area contributed by atoms with Crippen molar-refractivity contribution in [3.63, 3.8) is 0 Å². The number of aromatic carboxylic acids is 1. The Morgan fingerprint density at radius 1 is 1.38 bits per heavy atom. The Kier molecular flexibility index (Phi) is 2.59. The van der Waals surface area contributed by atoms with Crippen LogP contribution in [-0.4, -0.2) is 16.1 Å². The summed E-state index contributed by atoms with van der Waals surface area (Å²) in [4.78, 5) is 14.7. The highest BCUT2D eigenvalue weighted by molar-refractivity contribution is 5.85. The molecular formula is C11H10N2O3. The third kappa shape index (κ3) is 2.20. The molecule has 5 nitrogen and oxygen atoms in total. The smallest absolute Gasteiger partial charge is 0.371 e. The Bertz CT molecular complexity index is 502. The zero-order valence-corrected chi connectivity index (χ0v) is 8.60. The number of carbonyl (C=O) groups is 1. The van der Waals surface area contributed by atoms with Gasteiger partial charge in [0.05, 0.1) is 11.9 Å². The van der Waals surface area contributed by atoms with Crippen molar-refractivity contribution in [2.45, 2.75) is 6.92 Å². The number of furan rings is 1. The van der Waals surface area contributed by atoms with Crippen molar-refractivity contribution < 1.29 is 14.3 Å². The van der Waals surface area contributed by atoms with Crippen LogP contribution in [0.5, 0.6) is 0 Å². The van der Waals surface area contributed by atoms with Crippen LogP contribution in [0.15, 0.2) is 34.9 Å². The van der Waals surface area contributed by atoms with Crippen molar-refractivity contribution in [3.8, 4) is 0 Å². The van der Waals surface area contributed by atoms with Gasteiger partial charge >= 0.3 is 5.97 Å². The zero-order chi connectivity index (χ0) is 11.5. The van der Waals surface area contributed by atoms with Crippen LogP contribution in [0, 0.1) is 6.92 Å². The van der Waals surface area contributed by atoms with Crippen LogP contribution >= 0.6 is 0 Å². The van der Waals surface area contributed by atoms with E-state index in [2.05, 4.69) is 10.3 Å². The first-order chi connectivity index (χ1) is 7.65. The number of nitrogens with one attached hydrogen (secondary N) is 1. The van der Waals surface area contributed by atoms with E-state index in [1.807, 2.05) is 19.1 Å². The van der Waals surface area contributed by atoms with Gasteiger partial charge in [-0.3, -0.25) is 4.98 Å². The first kappa shape index (κ1) is 10.2. The van der Waals surface area contributed by atoms with Gasteiger partial charge < -0.3 is 14.8 Å². The quantitative estimate of drug-likeness (QED) is 0.827. The van der Waals surface area contributed by atoms with Gasteiger partial charge in [-0.15, -0.1) is 0 Å². The minimum Gasteiger partial charge on any atom is -0.475 e. The molecule has 0 bridgehead atoms. The van der Waals surface area contributed by atoms with Crippen molar-refractivity contribution in [1.82, 2.24) is 4.98 Å². The van der Waals surface area contributed by atoms with Crippen molar-refractivity contribution in [2.24, 2.45) is 0 Å². The van der Waals surface area contributed by atoms with Crippen molar-refractivity contribution >= 4 is 17.5 Å². The minimum atomic E-state index is -1.09. The number of hydrogen-bond donors (Lipinski definition) is 2. The second kappa shape index (κ2) is 4.06. The molecule has 82 valence electrons. The summed E-state index contributed by atoms with van der Waals surface area (Å²) in [6.45, 7) is 1.89. The molecule has 5 heteroatoms. The summed E-state index contributed by atoms with van der Waals surface area (Å²) in [7, 11) is 0. The first-order valence-electron chi connectivity index (χ1n) is 4.68. The Hall–Kier alpha value is -2.30.